The van der Waals surface area contributed by atoms with E-state index in [0.717, 1.165) is 6.42 Å². The largest absolute Gasteiger partial charge is 0.465 e. The lowest BCUT2D eigenvalue weighted by molar-refractivity contribution is -0.145. The Hall–Kier alpha value is -0.570. The second kappa shape index (κ2) is 9.00. The first-order valence-electron chi connectivity index (χ1n) is 5.35. The molecule has 0 aromatic carbocycles. The summed E-state index contributed by atoms with van der Waals surface area (Å²) in [6.45, 7) is 5.27. The summed E-state index contributed by atoms with van der Waals surface area (Å²) in [7, 11) is 1.58. The summed E-state index contributed by atoms with van der Waals surface area (Å²) < 4.78 is 9.87. The minimum atomic E-state index is -0.157. The third-order valence-electron chi connectivity index (χ3n) is 2.09. The Kier molecular flexibility index (Phi) is 8.64. The maximum atomic E-state index is 11.1. The van der Waals surface area contributed by atoms with Crippen LogP contribution in [0.4, 0.5) is 0 Å². The molecule has 3 heteroatoms. The van der Waals surface area contributed by atoms with Gasteiger partial charge in [-0.25, -0.2) is 0 Å². The minimum absolute atomic E-state index is 0.157. The van der Waals surface area contributed by atoms with Crippen molar-refractivity contribution in [3.05, 3.63) is 0 Å². The topological polar surface area (TPSA) is 35.5 Å². The molecule has 0 aliphatic heterocycles. The maximum absolute atomic E-state index is 11.1. The third-order valence-corrected chi connectivity index (χ3v) is 2.09. The van der Waals surface area contributed by atoms with Crippen molar-refractivity contribution in [1.29, 1.82) is 0 Å². The Labute approximate surface area is 86.8 Å². The lowest BCUT2D eigenvalue weighted by atomic mass is 10.1. The van der Waals surface area contributed by atoms with Gasteiger partial charge in [-0.15, -0.1) is 0 Å². The fourth-order valence-corrected chi connectivity index (χ4v) is 1.13. The van der Waals surface area contributed by atoms with Crippen molar-refractivity contribution in [2.24, 2.45) is 5.92 Å². The van der Waals surface area contributed by atoms with Gasteiger partial charge in [-0.1, -0.05) is 26.7 Å². The van der Waals surface area contributed by atoms with E-state index in [0.29, 0.717) is 25.6 Å². The molecule has 14 heavy (non-hydrogen) atoms. The summed E-state index contributed by atoms with van der Waals surface area (Å²) in [5, 5.41) is 0. The Morgan fingerprint density at radius 2 is 2.14 bits per heavy atom. The second-order valence-electron chi connectivity index (χ2n) is 3.67. The Balaban J connectivity index is 3.36. The summed E-state index contributed by atoms with van der Waals surface area (Å²) in [6.07, 6.45) is 3.89. The summed E-state index contributed by atoms with van der Waals surface area (Å²) in [5.74, 6) is 0.316. The van der Waals surface area contributed by atoms with Crippen molar-refractivity contribution in [3.63, 3.8) is 0 Å². The van der Waals surface area contributed by atoms with Gasteiger partial charge in [0.1, 0.15) is 0 Å². The molecule has 0 amide bonds. The first-order valence-corrected chi connectivity index (χ1v) is 5.35. The second-order valence-corrected chi connectivity index (χ2v) is 3.67. The number of unbranched alkanes of at least 4 members (excludes halogenated alkanes) is 1. The molecule has 0 saturated carbocycles. The molecule has 0 aliphatic rings. The van der Waals surface area contributed by atoms with Crippen LogP contribution in [-0.4, -0.2) is 26.3 Å². The van der Waals surface area contributed by atoms with Gasteiger partial charge in [0, 0.05) is 7.11 Å². The van der Waals surface area contributed by atoms with Crippen LogP contribution < -0.4 is 0 Å². The van der Waals surface area contributed by atoms with Crippen LogP contribution in [0.2, 0.25) is 0 Å². The van der Waals surface area contributed by atoms with Gasteiger partial charge in [-0.05, 0) is 12.3 Å². The average molecular weight is 202 g/mol. The van der Waals surface area contributed by atoms with Gasteiger partial charge in [0.15, 0.2) is 0 Å². The number of rotatable bonds is 8. The molecule has 0 bridgehead atoms. The quantitative estimate of drug-likeness (QED) is 0.567. The molecule has 0 saturated heterocycles. The van der Waals surface area contributed by atoms with Gasteiger partial charge >= 0.3 is 5.97 Å². The predicted octanol–water partition coefficient (Wildman–Crippen LogP) is 2.39. The minimum Gasteiger partial charge on any atom is -0.465 e. The van der Waals surface area contributed by atoms with Gasteiger partial charge in [0.05, 0.1) is 19.6 Å². The van der Waals surface area contributed by atoms with Crippen LogP contribution >= 0.6 is 0 Å². The zero-order valence-electron chi connectivity index (χ0n) is 9.54. The van der Waals surface area contributed by atoms with Crippen molar-refractivity contribution in [2.75, 3.05) is 20.3 Å². The van der Waals surface area contributed by atoms with E-state index in [4.69, 9.17) is 9.47 Å². The zero-order chi connectivity index (χ0) is 10.8. The first kappa shape index (κ1) is 13.4. The highest BCUT2D eigenvalue weighted by molar-refractivity contribution is 5.69. The number of methoxy groups -OCH3 is 1. The lowest BCUT2D eigenvalue weighted by Crippen LogP contribution is -2.13. The van der Waals surface area contributed by atoms with E-state index in [9.17, 15) is 4.79 Å². The number of hydrogen-bond donors (Lipinski definition) is 0. The molecule has 0 N–H and O–H groups in total. The molecular formula is C11H22O3. The van der Waals surface area contributed by atoms with Crippen molar-refractivity contribution < 1.29 is 14.3 Å². The van der Waals surface area contributed by atoms with Crippen LogP contribution in [0.15, 0.2) is 0 Å². The molecule has 0 radical (unpaired) electrons. The van der Waals surface area contributed by atoms with Crippen molar-refractivity contribution in [1.82, 2.24) is 0 Å². The van der Waals surface area contributed by atoms with Crippen LogP contribution in [0, 0.1) is 5.92 Å². The van der Waals surface area contributed by atoms with Crippen LogP contribution in [-0.2, 0) is 14.3 Å². The highest BCUT2D eigenvalue weighted by atomic mass is 16.5. The smallest absolute Gasteiger partial charge is 0.308 e. The van der Waals surface area contributed by atoms with Crippen LogP contribution in [0.1, 0.15) is 39.5 Å². The van der Waals surface area contributed by atoms with Gasteiger partial charge < -0.3 is 9.47 Å². The van der Waals surface area contributed by atoms with E-state index >= 15 is 0 Å². The van der Waals surface area contributed by atoms with Gasteiger partial charge in [-0.3, -0.25) is 4.79 Å². The fourth-order valence-electron chi connectivity index (χ4n) is 1.13. The Morgan fingerprint density at radius 1 is 1.43 bits per heavy atom. The van der Waals surface area contributed by atoms with Crippen LogP contribution in [0.5, 0.6) is 0 Å². The molecule has 0 rings (SSSR count). The van der Waals surface area contributed by atoms with Gasteiger partial charge in [0.2, 0.25) is 0 Å². The third kappa shape index (κ3) is 8.05. The zero-order valence-corrected chi connectivity index (χ0v) is 9.54. The summed E-state index contributed by atoms with van der Waals surface area (Å²) >= 11 is 0. The van der Waals surface area contributed by atoms with Crippen molar-refractivity contribution in [3.8, 4) is 0 Å². The van der Waals surface area contributed by atoms with Crippen LogP contribution in [0.25, 0.3) is 0 Å². The predicted molar refractivity (Wildman–Crippen MR) is 56.1 cm³/mol. The van der Waals surface area contributed by atoms with Crippen molar-refractivity contribution in [2.45, 2.75) is 39.5 Å². The number of esters is 1. The summed E-state index contributed by atoms with van der Waals surface area (Å²) in [6, 6.07) is 0. The van der Waals surface area contributed by atoms with Crippen molar-refractivity contribution >= 4 is 5.97 Å². The molecular weight excluding hydrogens is 180 g/mol. The molecule has 0 heterocycles. The Bertz CT molecular complexity index is 145. The van der Waals surface area contributed by atoms with E-state index in [1.807, 2.05) is 0 Å². The number of ether oxygens (including phenoxy) is 2. The SMILES string of the molecule is CCCCC(C)COC(=O)CCOC. The molecule has 1 unspecified atom stereocenters. The highest BCUT2D eigenvalue weighted by Crippen LogP contribution is 2.08. The molecule has 0 spiro atoms. The van der Waals surface area contributed by atoms with E-state index in [-0.39, 0.29) is 5.97 Å². The van der Waals surface area contributed by atoms with Gasteiger partial charge in [0.25, 0.3) is 0 Å². The monoisotopic (exact) mass is 202 g/mol. The number of carbonyl (C=O) groups is 1. The fraction of sp³-hybridized carbons (Fsp3) is 0.909. The standard InChI is InChI=1S/C11H22O3/c1-4-5-6-10(2)9-14-11(12)7-8-13-3/h10H,4-9H2,1-3H3. The molecule has 84 valence electrons. The molecule has 0 aromatic rings. The van der Waals surface area contributed by atoms with E-state index in [2.05, 4.69) is 13.8 Å². The molecule has 1 atom stereocenters. The maximum Gasteiger partial charge on any atom is 0.308 e. The van der Waals surface area contributed by atoms with E-state index in [1.54, 1.807) is 7.11 Å². The average Bonchev–Trinajstić information content (AvgIpc) is 2.20. The normalized spacial score (nSPS) is 12.5. The van der Waals surface area contributed by atoms with Gasteiger partial charge in [-0.2, -0.15) is 0 Å². The molecule has 0 fully saturated rings. The molecule has 0 aliphatic carbocycles. The van der Waals surface area contributed by atoms with E-state index < -0.39 is 0 Å². The Morgan fingerprint density at radius 3 is 2.71 bits per heavy atom. The molecule has 0 aromatic heterocycles. The van der Waals surface area contributed by atoms with E-state index in [1.165, 1.54) is 12.8 Å². The summed E-state index contributed by atoms with van der Waals surface area (Å²) in [5.41, 5.74) is 0. The summed E-state index contributed by atoms with van der Waals surface area (Å²) in [4.78, 5) is 11.1. The lowest BCUT2D eigenvalue weighted by Gasteiger charge is -2.11. The first-order chi connectivity index (χ1) is 6.70. The highest BCUT2D eigenvalue weighted by Gasteiger charge is 2.06. The molecule has 3 nitrogen and oxygen atoms in total. The number of carbonyl (C=O) groups excluding carboxylic acids is 1. The number of hydrogen-bond acceptors (Lipinski definition) is 3. The van der Waals surface area contributed by atoms with Crippen LogP contribution in [0.3, 0.4) is 0 Å².